The summed E-state index contributed by atoms with van der Waals surface area (Å²) in [5.41, 5.74) is 5.21. The fourth-order valence-electron chi connectivity index (χ4n) is 4.05. The summed E-state index contributed by atoms with van der Waals surface area (Å²) in [5.74, 6) is -0.321. The van der Waals surface area contributed by atoms with Crippen LogP contribution in [0.5, 0.6) is 0 Å². The van der Waals surface area contributed by atoms with Gasteiger partial charge in [-0.25, -0.2) is 5.01 Å². The zero-order chi connectivity index (χ0) is 21.3. The molecule has 1 N–H and O–H groups in total. The molecule has 0 bridgehead atoms. The average Bonchev–Trinajstić information content (AvgIpc) is 3.06. The monoisotopic (exact) mass is 500 g/mol. The Labute approximate surface area is 203 Å². The summed E-state index contributed by atoms with van der Waals surface area (Å²) >= 11 is 18.7. The second-order valence-electron chi connectivity index (χ2n) is 7.70. The Morgan fingerprint density at radius 3 is 2.29 bits per heavy atom. The molecular weight excluding hydrogens is 478 g/mol. The van der Waals surface area contributed by atoms with E-state index in [1.807, 2.05) is 47.3 Å². The maximum absolute atomic E-state index is 13.1. The lowest BCUT2D eigenvalue weighted by Gasteiger charge is -2.28. The van der Waals surface area contributed by atoms with E-state index in [0.717, 1.165) is 31.5 Å². The minimum Gasteiger partial charge on any atom is -0.284 e. The number of piperidine rings is 1. The molecule has 2 aliphatic heterocycles. The molecule has 4 rings (SSSR count). The molecule has 1 fully saturated rings. The summed E-state index contributed by atoms with van der Waals surface area (Å²) in [4.78, 5) is 13.1. The van der Waals surface area contributed by atoms with E-state index < -0.39 is 0 Å². The third-order valence-corrected chi connectivity index (χ3v) is 6.39. The van der Waals surface area contributed by atoms with Crippen LogP contribution in [-0.2, 0) is 4.79 Å². The van der Waals surface area contributed by atoms with E-state index in [1.54, 1.807) is 12.1 Å². The first kappa shape index (κ1) is 24.1. The highest BCUT2D eigenvalue weighted by Crippen LogP contribution is 2.42. The van der Waals surface area contributed by atoms with E-state index in [9.17, 15) is 4.79 Å². The molecule has 0 spiro atoms. The summed E-state index contributed by atoms with van der Waals surface area (Å²) < 4.78 is 0. The largest absolute Gasteiger partial charge is 0.284 e. The molecule has 2 aromatic rings. The Kier molecular flexibility index (Phi) is 8.11. The van der Waals surface area contributed by atoms with Crippen molar-refractivity contribution in [2.45, 2.75) is 32.2 Å². The van der Waals surface area contributed by atoms with E-state index >= 15 is 0 Å². The van der Waals surface area contributed by atoms with E-state index in [2.05, 4.69) is 5.43 Å². The Hall–Kier alpha value is -1.50. The van der Waals surface area contributed by atoms with Crippen LogP contribution in [0.15, 0.2) is 47.6 Å². The lowest BCUT2D eigenvalue weighted by Crippen LogP contribution is -2.48. The maximum atomic E-state index is 13.1. The van der Waals surface area contributed by atoms with Crippen LogP contribution in [0.2, 0.25) is 15.1 Å². The molecule has 1 saturated heterocycles. The van der Waals surface area contributed by atoms with Crippen LogP contribution >= 0.6 is 47.2 Å². The summed E-state index contributed by atoms with van der Waals surface area (Å²) in [5, 5.41) is 10.2. The number of halogens is 4. The number of hydrogen-bond donors (Lipinski definition) is 1. The minimum atomic E-state index is -0.192. The van der Waals surface area contributed by atoms with Gasteiger partial charge in [-0.2, -0.15) is 5.10 Å². The van der Waals surface area contributed by atoms with Gasteiger partial charge in [0.1, 0.15) is 5.71 Å². The van der Waals surface area contributed by atoms with Crippen LogP contribution in [0, 0.1) is 5.92 Å². The van der Waals surface area contributed by atoms with Crippen molar-refractivity contribution in [2.75, 3.05) is 18.1 Å². The van der Waals surface area contributed by atoms with Gasteiger partial charge >= 0.3 is 0 Å². The van der Waals surface area contributed by atoms with Gasteiger partial charge in [0.05, 0.1) is 16.8 Å². The molecule has 0 aliphatic carbocycles. The number of nitrogens with zero attached hydrogens (tertiary/aromatic N) is 3. The number of amides is 1. The highest BCUT2D eigenvalue weighted by atomic mass is 35.5. The Bertz CT molecular complexity index is 960. The first-order valence-corrected chi connectivity index (χ1v) is 11.2. The number of hydrazone groups is 1. The fourth-order valence-corrected chi connectivity index (χ4v) is 4.67. The van der Waals surface area contributed by atoms with Gasteiger partial charge in [-0.05, 0) is 48.7 Å². The molecular formula is C22H24Cl4N4O. The molecule has 2 atom stereocenters. The van der Waals surface area contributed by atoms with Gasteiger partial charge in [-0.15, -0.1) is 12.4 Å². The van der Waals surface area contributed by atoms with Gasteiger partial charge in [-0.3, -0.25) is 15.2 Å². The molecule has 2 aromatic carbocycles. The first-order chi connectivity index (χ1) is 14.4. The third kappa shape index (κ3) is 5.29. The molecule has 2 aliphatic rings. The van der Waals surface area contributed by atoms with Crippen LogP contribution in [0.4, 0.5) is 5.69 Å². The smallest absolute Gasteiger partial charge is 0.282 e. The third-order valence-electron chi connectivity index (χ3n) is 5.60. The van der Waals surface area contributed by atoms with Gasteiger partial charge in [0.25, 0.3) is 5.91 Å². The molecule has 31 heavy (non-hydrogen) atoms. The molecule has 1 amide bonds. The normalized spacial score (nSPS) is 21.4. The zero-order valence-corrected chi connectivity index (χ0v) is 20.1. The van der Waals surface area contributed by atoms with Crippen molar-refractivity contribution in [3.05, 3.63) is 63.1 Å². The quantitative estimate of drug-likeness (QED) is 0.547. The van der Waals surface area contributed by atoms with E-state index in [1.165, 1.54) is 6.42 Å². The van der Waals surface area contributed by atoms with Crippen LogP contribution in [0.25, 0.3) is 0 Å². The number of benzene rings is 2. The second kappa shape index (κ2) is 10.4. The predicted octanol–water partition coefficient (Wildman–Crippen LogP) is 6.14. The molecule has 0 unspecified atom stereocenters. The number of hydrogen-bond acceptors (Lipinski definition) is 4. The topological polar surface area (TPSA) is 47.9 Å². The highest BCUT2D eigenvalue weighted by molar-refractivity contribution is 6.41. The molecule has 0 saturated carbocycles. The van der Waals surface area contributed by atoms with Gasteiger partial charge in [0.15, 0.2) is 0 Å². The van der Waals surface area contributed by atoms with E-state index in [4.69, 9.17) is 39.9 Å². The van der Waals surface area contributed by atoms with Crippen molar-refractivity contribution in [2.24, 2.45) is 11.0 Å². The Balaban J connectivity index is 0.00000272. The highest BCUT2D eigenvalue weighted by Gasteiger charge is 2.40. The summed E-state index contributed by atoms with van der Waals surface area (Å²) in [6.07, 6.45) is 3.37. The summed E-state index contributed by atoms with van der Waals surface area (Å²) in [6, 6.07) is 12.7. The minimum absolute atomic E-state index is 0. The average molecular weight is 502 g/mol. The lowest BCUT2D eigenvalue weighted by molar-refractivity contribution is -0.120. The van der Waals surface area contributed by atoms with Crippen LogP contribution < -0.4 is 10.4 Å². The van der Waals surface area contributed by atoms with Crippen molar-refractivity contribution in [1.82, 2.24) is 10.4 Å². The van der Waals surface area contributed by atoms with Gasteiger partial charge in [0, 0.05) is 29.1 Å². The molecule has 166 valence electrons. The lowest BCUT2D eigenvalue weighted by atomic mass is 9.91. The summed E-state index contributed by atoms with van der Waals surface area (Å²) in [7, 11) is 0. The van der Waals surface area contributed by atoms with Gasteiger partial charge in [0.2, 0.25) is 0 Å². The van der Waals surface area contributed by atoms with Crippen molar-refractivity contribution >= 4 is 64.5 Å². The van der Waals surface area contributed by atoms with Crippen molar-refractivity contribution in [1.29, 1.82) is 0 Å². The number of carbonyl (C=O) groups excluding carboxylic acids is 1. The van der Waals surface area contributed by atoms with Crippen LogP contribution in [-0.4, -0.2) is 29.7 Å². The Morgan fingerprint density at radius 2 is 1.65 bits per heavy atom. The number of nitrogens with one attached hydrogen (secondary N) is 1. The molecule has 0 aromatic heterocycles. The maximum Gasteiger partial charge on any atom is 0.282 e. The van der Waals surface area contributed by atoms with Gasteiger partial charge < -0.3 is 0 Å². The second-order valence-corrected chi connectivity index (χ2v) is 8.98. The fraction of sp³-hybridized carbons (Fsp3) is 0.364. The van der Waals surface area contributed by atoms with E-state index in [0.29, 0.717) is 26.5 Å². The van der Waals surface area contributed by atoms with Crippen LogP contribution in [0.3, 0.4) is 0 Å². The number of carbonyl (C=O) groups is 1. The number of hydrazine groups is 1. The zero-order valence-electron chi connectivity index (χ0n) is 17.0. The molecule has 2 heterocycles. The number of rotatable bonds is 4. The van der Waals surface area contributed by atoms with E-state index in [-0.39, 0.29) is 30.3 Å². The molecule has 9 heteroatoms. The SMILES string of the molecule is C[C@H]1C(C(=O)NN2CCCCC2)=NN(c2ccc(Cl)cc2Cl)[C@@H]1c1ccc(Cl)cc1.Cl. The molecule has 5 nitrogen and oxygen atoms in total. The van der Waals surface area contributed by atoms with Gasteiger partial charge in [-0.1, -0.05) is 60.3 Å². The van der Waals surface area contributed by atoms with Crippen LogP contribution in [0.1, 0.15) is 37.8 Å². The van der Waals surface area contributed by atoms with Crippen molar-refractivity contribution < 1.29 is 4.79 Å². The number of anilines is 1. The standard InChI is InChI=1S/C22H23Cl3N4O.ClH/c1-14-20(22(30)27-28-11-3-2-4-12-28)26-29(19-10-9-17(24)13-18(19)25)21(14)15-5-7-16(23)8-6-15;/h5-10,13-14,21H,2-4,11-12H2,1H3,(H,27,30);1H/t14-,21-;/m0./s1. The molecule has 0 radical (unpaired) electrons. The summed E-state index contributed by atoms with van der Waals surface area (Å²) in [6.45, 7) is 3.74. The van der Waals surface area contributed by atoms with Crippen molar-refractivity contribution in [3.8, 4) is 0 Å². The first-order valence-electron chi connectivity index (χ1n) is 10.1. The van der Waals surface area contributed by atoms with Crippen molar-refractivity contribution in [3.63, 3.8) is 0 Å². The predicted molar refractivity (Wildman–Crippen MR) is 131 cm³/mol. The Morgan fingerprint density at radius 1 is 1.00 bits per heavy atom.